The minimum absolute atomic E-state index is 0.254. The first-order valence-electron chi connectivity index (χ1n) is 7.14. The molecule has 0 N–H and O–H groups in total. The van der Waals surface area contributed by atoms with Crippen LogP contribution in [0.3, 0.4) is 0 Å². The van der Waals surface area contributed by atoms with E-state index >= 15 is 0 Å². The van der Waals surface area contributed by atoms with Gasteiger partial charge in [-0.15, -0.1) is 0 Å². The molecule has 0 radical (unpaired) electrons. The van der Waals surface area contributed by atoms with Gasteiger partial charge < -0.3 is 4.74 Å². The third kappa shape index (κ3) is 4.24. The molecule has 0 saturated heterocycles. The fraction of sp³-hybridized carbons (Fsp3) is 0.118. The second-order valence-electron chi connectivity index (χ2n) is 5.16. The summed E-state index contributed by atoms with van der Waals surface area (Å²) in [5.74, 6) is 0.963. The van der Waals surface area contributed by atoms with Crippen molar-refractivity contribution in [2.75, 3.05) is 0 Å². The molecular formula is C17H11ClF3N3O. The number of benzene rings is 1. The summed E-state index contributed by atoms with van der Waals surface area (Å²) in [5.41, 5.74) is 0.334. The summed E-state index contributed by atoms with van der Waals surface area (Å²) >= 11 is 5.81. The lowest BCUT2D eigenvalue weighted by molar-refractivity contribution is -0.137. The number of pyridine rings is 1. The summed E-state index contributed by atoms with van der Waals surface area (Å²) < 4.78 is 43.6. The zero-order chi connectivity index (χ0) is 18.0. The molecule has 0 aliphatic rings. The SMILES string of the molecule is Cc1cc(Oc2ccnc(Cl)c2)nc(-c2ccc(C(F)(F)F)cc2)n1. The molecule has 25 heavy (non-hydrogen) atoms. The van der Waals surface area contributed by atoms with Gasteiger partial charge in [-0.3, -0.25) is 0 Å². The Morgan fingerprint density at radius 1 is 1.00 bits per heavy atom. The second-order valence-corrected chi connectivity index (χ2v) is 5.55. The van der Waals surface area contributed by atoms with Gasteiger partial charge in [0.05, 0.1) is 5.56 Å². The van der Waals surface area contributed by atoms with E-state index in [1.807, 2.05) is 0 Å². The van der Waals surface area contributed by atoms with Crippen molar-refractivity contribution in [1.82, 2.24) is 15.0 Å². The molecule has 0 aliphatic carbocycles. The third-order valence-corrected chi connectivity index (χ3v) is 3.43. The molecule has 3 rings (SSSR count). The zero-order valence-corrected chi connectivity index (χ0v) is 13.6. The van der Waals surface area contributed by atoms with E-state index in [2.05, 4.69) is 15.0 Å². The highest BCUT2D eigenvalue weighted by molar-refractivity contribution is 6.29. The Morgan fingerprint density at radius 3 is 2.36 bits per heavy atom. The van der Waals surface area contributed by atoms with Crippen LogP contribution in [0.5, 0.6) is 11.6 Å². The number of nitrogens with zero attached hydrogens (tertiary/aromatic N) is 3. The molecule has 0 fully saturated rings. The highest BCUT2D eigenvalue weighted by atomic mass is 35.5. The minimum atomic E-state index is -4.39. The van der Waals surface area contributed by atoms with Crippen molar-refractivity contribution < 1.29 is 17.9 Å². The Kier molecular flexibility index (Phi) is 4.59. The minimum Gasteiger partial charge on any atom is -0.439 e. The maximum atomic E-state index is 12.7. The number of aryl methyl sites for hydroxylation is 1. The van der Waals surface area contributed by atoms with Crippen LogP contribution in [-0.2, 0) is 6.18 Å². The van der Waals surface area contributed by atoms with Crippen LogP contribution >= 0.6 is 11.6 Å². The number of rotatable bonds is 3. The van der Waals surface area contributed by atoms with E-state index in [9.17, 15) is 13.2 Å². The van der Waals surface area contributed by atoms with Crippen molar-refractivity contribution in [3.05, 3.63) is 65.1 Å². The average molecular weight is 366 g/mol. The number of hydrogen-bond acceptors (Lipinski definition) is 4. The predicted octanol–water partition coefficient (Wildman–Crippen LogP) is 5.31. The molecule has 4 nitrogen and oxygen atoms in total. The normalized spacial score (nSPS) is 11.4. The summed E-state index contributed by atoms with van der Waals surface area (Å²) in [7, 11) is 0. The van der Waals surface area contributed by atoms with E-state index in [0.717, 1.165) is 12.1 Å². The molecular weight excluding hydrogens is 355 g/mol. The molecule has 0 amide bonds. The van der Waals surface area contributed by atoms with Crippen LogP contribution in [-0.4, -0.2) is 15.0 Å². The smallest absolute Gasteiger partial charge is 0.416 e. The maximum absolute atomic E-state index is 12.7. The lowest BCUT2D eigenvalue weighted by Gasteiger charge is -2.09. The van der Waals surface area contributed by atoms with Gasteiger partial charge in [0.15, 0.2) is 5.82 Å². The topological polar surface area (TPSA) is 47.9 Å². The Labute approximate surface area is 146 Å². The van der Waals surface area contributed by atoms with Crippen molar-refractivity contribution in [3.63, 3.8) is 0 Å². The van der Waals surface area contributed by atoms with Gasteiger partial charge in [0.2, 0.25) is 5.88 Å². The molecule has 128 valence electrons. The average Bonchev–Trinajstić information content (AvgIpc) is 2.53. The van der Waals surface area contributed by atoms with Crippen molar-refractivity contribution in [2.24, 2.45) is 0 Å². The first-order chi connectivity index (χ1) is 11.8. The van der Waals surface area contributed by atoms with Crippen molar-refractivity contribution in [1.29, 1.82) is 0 Å². The van der Waals surface area contributed by atoms with Crippen molar-refractivity contribution >= 4 is 11.6 Å². The lowest BCUT2D eigenvalue weighted by atomic mass is 10.1. The van der Waals surface area contributed by atoms with E-state index in [4.69, 9.17) is 16.3 Å². The highest BCUT2D eigenvalue weighted by Gasteiger charge is 2.30. The molecule has 1 aromatic carbocycles. The Balaban J connectivity index is 1.91. The molecule has 0 spiro atoms. The largest absolute Gasteiger partial charge is 0.439 e. The number of aromatic nitrogens is 3. The molecule has 0 aliphatic heterocycles. The van der Waals surface area contributed by atoms with Gasteiger partial charge in [-0.1, -0.05) is 23.7 Å². The van der Waals surface area contributed by atoms with Gasteiger partial charge in [-0.25, -0.2) is 9.97 Å². The Morgan fingerprint density at radius 2 is 1.72 bits per heavy atom. The molecule has 0 atom stereocenters. The van der Waals surface area contributed by atoms with Gasteiger partial charge in [0, 0.05) is 29.6 Å². The fourth-order valence-corrected chi connectivity index (χ4v) is 2.26. The lowest BCUT2D eigenvalue weighted by Crippen LogP contribution is -2.04. The van der Waals surface area contributed by atoms with E-state index in [0.29, 0.717) is 17.0 Å². The number of hydrogen-bond donors (Lipinski definition) is 0. The summed E-state index contributed by atoms with van der Waals surface area (Å²) in [6.45, 7) is 1.74. The van der Waals surface area contributed by atoms with E-state index in [-0.39, 0.29) is 16.9 Å². The van der Waals surface area contributed by atoms with E-state index in [1.54, 1.807) is 19.1 Å². The first kappa shape index (κ1) is 17.2. The van der Waals surface area contributed by atoms with Gasteiger partial charge >= 0.3 is 6.18 Å². The van der Waals surface area contributed by atoms with Gasteiger partial charge in [0.25, 0.3) is 0 Å². The van der Waals surface area contributed by atoms with Crippen LogP contribution in [0.1, 0.15) is 11.3 Å². The van der Waals surface area contributed by atoms with Crippen LogP contribution in [0.4, 0.5) is 13.2 Å². The summed E-state index contributed by atoms with van der Waals surface area (Å²) in [5, 5.41) is 0.270. The predicted molar refractivity (Wildman–Crippen MR) is 86.5 cm³/mol. The Hall–Kier alpha value is -2.67. The third-order valence-electron chi connectivity index (χ3n) is 3.22. The quantitative estimate of drug-likeness (QED) is 0.590. The number of halogens is 4. The van der Waals surface area contributed by atoms with Crippen molar-refractivity contribution in [2.45, 2.75) is 13.1 Å². The number of alkyl halides is 3. The van der Waals surface area contributed by atoms with Gasteiger partial charge in [-0.2, -0.15) is 18.2 Å². The monoisotopic (exact) mass is 365 g/mol. The van der Waals surface area contributed by atoms with E-state index < -0.39 is 11.7 Å². The molecule has 0 bridgehead atoms. The van der Waals surface area contributed by atoms with Crippen LogP contribution < -0.4 is 4.74 Å². The van der Waals surface area contributed by atoms with E-state index in [1.165, 1.54) is 24.4 Å². The highest BCUT2D eigenvalue weighted by Crippen LogP contribution is 2.31. The van der Waals surface area contributed by atoms with Crippen LogP contribution in [0.25, 0.3) is 11.4 Å². The van der Waals surface area contributed by atoms with Crippen molar-refractivity contribution in [3.8, 4) is 23.0 Å². The second kappa shape index (κ2) is 6.68. The molecule has 0 saturated carbocycles. The van der Waals surface area contributed by atoms with Crippen LogP contribution in [0.15, 0.2) is 48.7 Å². The Bertz CT molecular complexity index is 898. The maximum Gasteiger partial charge on any atom is 0.416 e. The van der Waals surface area contributed by atoms with Gasteiger partial charge in [0.1, 0.15) is 10.9 Å². The summed E-state index contributed by atoms with van der Waals surface area (Å²) in [6, 6.07) is 9.38. The molecule has 2 aromatic heterocycles. The molecule has 3 aromatic rings. The molecule has 8 heteroatoms. The zero-order valence-electron chi connectivity index (χ0n) is 12.9. The summed E-state index contributed by atoms with van der Waals surface area (Å²) in [6.07, 6.45) is -2.90. The standard InChI is InChI=1S/C17H11ClF3N3O/c1-10-8-15(25-13-6-7-22-14(18)9-13)24-16(23-10)11-2-4-12(5-3-11)17(19,20)21/h2-9H,1H3. The molecule has 0 unspecified atom stereocenters. The summed E-state index contributed by atoms with van der Waals surface area (Å²) in [4.78, 5) is 12.3. The first-order valence-corrected chi connectivity index (χ1v) is 7.52. The number of ether oxygens (including phenoxy) is 1. The van der Waals surface area contributed by atoms with Crippen LogP contribution in [0.2, 0.25) is 5.15 Å². The molecule has 2 heterocycles. The fourth-order valence-electron chi connectivity index (χ4n) is 2.10. The van der Waals surface area contributed by atoms with Crippen LogP contribution in [0, 0.1) is 6.92 Å². The van der Waals surface area contributed by atoms with Gasteiger partial charge in [-0.05, 0) is 25.1 Å².